The number of benzene rings is 2. The van der Waals surface area contributed by atoms with Gasteiger partial charge in [0.05, 0.1) is 15.1 Å². The molecule has 2 atom stereocenters. The number of hydrogen-bond donors (Lipinski definition) is 0. The van der Waals surface area contributed by atoms with E-state index in [0.29, 0.717) is 17.3 Å². The van der Waals surface area contributed by atoms with Crippen LogP contribution in [0.25, 0.3) is 10.2 Å². The third kappa shape index (κ3) is 3.63. The molecule has 4 aromatic rings. The largest absolute Gasteiger partial charge is 0.431 e. The fourth-order valence-electron chi connectivity index (χ4n) is 4.63. The van der Waals surface area contributed by atoms with E-state index in [1.54, 1.807) is 11.3 Å². The molecule has 0 aliphatic carbocycles. The van der Waals surface area contributed by atoms with Gasteiger partial charge in [0.25, 0.3) is 11.1 Å². The van der Waals surface area contributed by atoms with E-state index in [1.807, 2.05) is 47.8 Å². The Labute approximate surface area is 188 Å². The van der Waals surface area contributed by atoms with Crippen molar-refractivity contribution in [3.05, 3.63) is 76.5 Å². The number of carbonyl (C=O) groups is 1. The maximum absolute atomic E-state index is 12.7. The first-order valence-corrected chi connectivity index (χ1v) is 12.1. The lowest BCUT2D eigenvalue weighted by Gasteiger charge is -2.34. The van der Waals surface area contributed by atoms with E-state index in [0.717, 1.165) is 46.9 Å². The highest BCUT2D eigenvalue weighted by Gasteiger charge is 2.45. The maximum atomic E-state index is 12.7. The molecule has 0 N–H and O–H groups in total. The van der Waals surface area contributed by atoms with Crippen LogP contribution in [0.15, 0.2) is 66.0 Å². The van der Waals surface area contributed by atoms with Crippen LogP contribution in [-0.4, -0.2) is 45.9 Å². The second-order valence-corrected chi connectivity index (χ2v) is 10.0. The molecule has 6 rings (SSSR count). The fraction of sp³-hybridized carbons (Fsp3) is 0.250. The van der Waals surface area contributed by atoms with Gasteiger partial charge in [0.2, 0.25) is 0 Å². The lowest BCUT2D eigenvalue weighted by atomic mass is 10.2. The molecule has 5 nitrogen and oxygen atoms in total. The molecule has 4 heterocycles. The zero-order valence-electron chi connectivity index (χ0n) is 16.8. The lowest BCUT2D eigenvalue weighted by Crippen LogP contribution is -2.48. The molecule has 0 radical (unpaired) electrons. The minimum Gasteiger partial charge on any atom is -0.431 e. The SMILES string of the molecule is O=C(c1cccs1)N1C[C@H]2C[C@H]1CN2Cc1ccc(Oc2nc3ccccc3s2)cc1. The molecular formula is C24H21N3O2S2. The van der Waals surface area contributed by atoms with E-state index >= 15 is 0 Å². The average Bonchev–Trinajstić information content (AvgIpc) is 3.57. The van der Waals surface area contributed by atoms with Gasteiger partial charge in [-0.25, -0.2) is 4.98 Å². The van der Waals surface area contributed by atoms with Crippen molar-refractivity contribution in [1.82, 2.24) is 14.8 Å². The fourth-order valence-corrected chi connectivity index (χ4v) is 6.14. The summed E-state index contributed by atoms with van der Waals surface area (Å²) in [6, 6.07) is 21.0. The van der Waals surface area contributed by atoms with Gasteiger partial charge < -0.3 is 9.64 Å². The molecule has 2 fully saturated rings. The molecular weight excluding hydrogens is 426 g/mol. The van der Waals surface area contributed by atoms with Gasteiger partial charge >= 0.3 is 0 Å². The Bertz CT molecular complexity index is 1190. The van der Waals surface area contributed by atoms with Gasteiger partial charge in [-0.15, -0.1) is 11.3 Å². The van der Waals surface area contributed by atoms with Crippen molar-refractivity contribution in [2.75, 3.05) is 13.1 Å². The Morgan fingerprint density at radius 3 is 2.65 bits per heavy atom. The highest BCUT2D eigenvalue weighted by Crippen LogP contribution is 2.34. The number of likely N-dealkylation sites (tertiary alicyclic amines) is 2. The van der Waals surface area contributed by atoms with Gasteiger partial charge in [-0.3, -0.25) is 9.69 Å². The van der Waals surface area contributed by atoms with Crippen LogP contribution < -0.4 is 4.74 Å². The minimum atomic E-state index is 0.193. The number of para-hydroxylation sites is 1. The van der Waals surface area contributed by atoms with E-state index in [9.17, 15) is 4.79 Å². The lowest BCUT2D eigenvalue weighted by molar-refractivity contribution is 0.0621. The number of thiazole rings is 1. The van der Waals surface area contributed by atoms with E-state index in [2.05, 4.69) is 33.0 Å². The number of carbonyl (C=O) groups excluding carboxylic acids is 1. The Morgan fingerprint density at radius 1 is 1.03 bits per heavy atom. The normalized spacial score (nSPS) is 20.6. The zero-order chi connectivity index (χ0) is 20.8. The van der Waals surface area contributed by atoms with Crippen molar-refractivity contribution < 1.29 is 9.53 Å². The van der Waals surface area contributed by atoms with Crippen molar-refractivity contribution in [2.45, 2.75) is 25.0 Å². The quantitative estimate of drug-likeness (QED) is 0.419. The summed E-state index contributed by atoms with van der Waals surface area (Å²) >= 11 is 3.09. The van der Waals surface area contributed by atoms with Crippen LogP contribution in [0.5, 0.6) is 10.9 Å². The highest BCUT2D eigenvalue weighted by molar-refractivity contribution is 7.20. The number of thiophene rings is 1. The molecule has 2 aromatic carbocycles. The van der Waals surface area contributed by atoms with Crippen LogP contribution in [0.2, 0.25) is 0 Å². The second-order valence-electron chi connectivity index (χ2n) is 8.10. The van der Waals surface area contributed by atoms with Crippen LogP contribution in [0, 0.1) is 0 Å². The van der Waals surface area contributed by atoms with Gasteiger partial charge in [0.1, 0.15) is 5.75 Å². The molecule has 0 spiro atoms. The van der Waals surface area contributed by atoms with E-state index in [4.69, 9.17) is 4.74 Å². The number of fused-ring (bicyclic) bond motifs is 3. The first kappa shape index (κ1) is 19.0. The maximum Gasteiger partial charge on any atom is 0.279 e. The van der Waals surface area contributed by atoms with Crippen LogP contribution in [0.3, 0.4) is 0 Å². The monoisotopic (exact) mass is 447 g/mol. The Kier molecular flexibility index (Phi) is 4.74. The third-order valence-corrected chi connectivity index (χ3v) is 7.91. The molecule has 2 aromatic heterocycles. The molecule has 2 saturated heterocycles. The zero-order valence-corrected chi connectivity index (χ0v) is 18.4. The van der Waals surface area contributed by atoms with Crippen molar-refractivity contribution in [1.29, 1.82) is 0 Å². The van der Waals surface area contributed by atoms with Gasteiger partial charge in [-0.05, 0) is 47.7 Å². The number of rotatable bonds is 5. The third-order valence-electron chi connectivity index (χ3n) is 6.14. The standard InChI is InChI=1S/C24H21N3O2S2/c28-23(22-6-3-11-30-22)27-15-17-12-18(27)14-26(17)13-16-7-9-19(10-8-16)29-24-25-20-4-1-2-5-21(20)31-24/h1-11,17-18H,12-15H2/t17-,18+/m1/s1. The summed E-state index contributed by atoms with van der Waals surface area (Å²) in [5.74, 6) is 0.997. The molecule has 1 amide bonds. The van der Waals surface area contributed by atoms with Crippen molar-refractivity contribution in [3.63, 3.8) is 0 Å². The first-order valence-electron chi connectivity index (χ1n) is 10.4. The molecule has 2 aliphatic heterocycles. The Balaban J connectivity index is 1.08. The summed E-state index contributed by atoms with van der Waals surface area (Å²) in [4.78, 5) is 22.7. The topological polar surface area (TPSA) is 45.7 Å². The minimum absolute atomic E-state index is 0.193. The molecule has 31 heavy (non-hydrogen) atoms. The number of ether oxygens (including phenoxy) is 1. The van der Waals surface area contributed by atoms with Gasteiger partial charge in [-0.1, -0.05) is 41.7 Å². The van der Waals surface area contributed by atoms with Gasteiger partial charge in [0, 0.05) is 31.7 Å². The molecule has 2 bridgehead atoms. The molecule has 7 heteroatoms. The average molecular weight is 448 g/mol. The van der Waals surface area contributed by atoms with Gasteiger partial charge in [0.15, 0.2) is 0 Å². The smallest absolute Gasteiger partial charge is 0.279 e. The van der Waals surface area contributed by atoms with Crippen LogP contribution in [0.1, 0.15) is 21.7 Å². The molecule has 0 unspecified atom stereocenters. The molecule has 0 saturated carbocycles. The highest BCUT2D eigenvalue weighted by atomic mass is 32.1. The van der Waals surface area contributed by atoms with E-state index in [-0.39, 0.29) is 5.91 Å². The summed E-state index contributed by atoms with van der Waals surface area (Å²) in [5, 5.41) is 2.64. The summed E-state index contributed by atoms with van der Waals surface area (Å²) in [7, 11) is 0. The summed E-state index contributed by atoms with van der Waals surface area (Å²) < 4.78 is 7.09. The van der Waals surface area contributed by atoms with Crippen molar-refractivity contribution >= 4 is 38.8 Å². The number of nitrogens with zero attached hydrogens (tertiary/aromatic N) is 3. The number of hydrogen-bond acceptors (Lipinski definition) is 6. The summed E-state index contributed by atoms with van der Waals surface area (Å²) in [6.45, 7) is 2.69. The predicted octanol–water partition coefficient (Wildman–Crippen LogP) is 5.25. The Hall–Kier alpha value is -2.74. The Morgan fingerprint density at radius 2 is 1.90 bits per heavy atom. The van der Waals surface area contributed by atoms with Gasteiger partial charge in [-0.2, -0.15) is 0 Å². The predicted molar refractivity (Wildman–Crippen MR) is 124 cm³/mol. The van der Waals surface area contributed by atoms with Crippen molar-refractivity contribution in [3.8, 4) is 10.9 Å². The van der Waals surface area contributed by atoms with Crippen LogP contribution >= 0.6 is 22.7 Å². The summed E-state index contributed by atoms with van der Waals surface area (Å²) in [6.07, 6.45) is 1.08. The van der Waals surface area contributed by atoms with Crippen LogP contribution in [-0.2, 0) is 6.54 Å². The van der Waals surface area contributed by atoms with Crippen LogP contribution in [0.4, 0.5) is 0 Å². The number of aromatic nitrogens is 1. The second kappa shape index (κ2) is 7.75. The number of amides is 1. The molecule has 2 aliphatic rings. The number of piperazine rings is 1. The summed E-state index contributed by atoms with van der Waals surface area (Å²) in [5.41, 5.74) is 2.23. The van der Waals surface area contributed by atoms with Crippen molar-refractivity contribution in [2.24, 2.45) is 0 Å². The first-order chi connectivity index (χ1) is 15.2. The van der Waals surface area contributed by atoms with E-state index in [1.165, 1.54) is 16.9 Å². The van der Waals surface area contributed by atoms with E-state index < -0.39 is 0 Å². The molecule has 156 valence electrons.